The number of benzene rings is 1. The van der Waals surface area contributed by atoms with E-state index in [-0.39, 0.29) is 5.91 Å². The van der Waals surface area contributed by atoms with Gasteiger partial charge in [0, 0.05) is 0 Å². The van der Waals surface area contributed by atoms with Crippen molar-refractivity contribution in [3.05, 3.63) is 29.8 Å². The third-order valence-corrected chi connectivity index (χ3v) is 1.49. The molecule has 4 heteroatoms. The zero-order chi connectivity index (χ0) is 8.39. The predicted molar refractivity (Wildman–Crippen MR) is 42.0 cm³/mol. The average Bonchev–Trinajstić information content (AvgIpc) is 2.29. The third-order valence-electron chi connectivity index (χ3n) is 1.49. The second-order valence-corrected chi connectivity index (χ2v) is 2.24. The number of ether oxygens (including phenoxy) is 1. The second-order valence-electron chi connectivity index (χ2n) is 2.24. The molecule has 1 amide bonds. The van der Waals surface area contributed by atoms with Crippen LogP contribution < -0.4 is 10.2 Å². The van der Waals surface area contributed by atoms with E-state index in [1.165, 1.54) is 0 Å². The number of carbonyl (C=O) groups excluding carboxylic acids is 1. The van der Waals surface area contributed by atoms with E-state index in [1.54, 1.807) is 24.3 Å². The molecule has 0 aliphatic carbocycles. The standard InChI is InChI=1S/C8H5N2O2/c11-8-6-3-1-2-4-7(6)12-5-9-10-8/h1-4H,(H,10,11). The molecular weight excluding hydrogens is 156 g/mol. The van der Waals surface area contributed by atoms with Gasteiger partial charge in [-0.15, -0.1) is 5.10 Å². The number of nitrogens with one attached hydrogen (secondary N) is 1. The van der Waals surface area contributed by atoms with E-state index in [1.807, 2.05) is 0 Å². The fourth-order valence-electron chi connectivity index (χ4n) is 0.949. The van der Waals surface area contributed by atoms with Gasteiger partial charge in [-0.3, -0.25) is 4.79 Å². The summed E-state index contributed by atoms with van der Waals surface area (Å²) in [5, 5.41) is 3.39. The highest BCUT2D eigenvalue weighted by atomic mass is 16.5. The lowest BCUT2D eigenvalue weighted by molar-refractivity contribution is 0.0956. The molecule has 0 bridgehead atoms. The first-order valence-electron chi connectivity index (χ1n) is 3.39. The van der Waals surface area contributed by atoms with Crippen molar-refractivity contribution >= 4 is 12.3 Å². The minimum absolute atomic E-state index is 0.282. The molecular formula is C8H5N2O2. The van der Waals surface area contributed by atoms with Gasteiger partial charge in [-0.2, -0.15) is 0 Å². The fourth-order valence-corrected chi connectivity index (χ4v) is 0.949. The van der Waals surface area contributed by atoms with Crippen LogP contribution in [0.1, 0.15) is 10.4 Å². The molecule has 0 saturated carbocycles. The van der Waals surface area contributed by atoms with Crippen LogP contribution in [0, 0.1) is 0 Å². The smallest absolute Gasteiger partial charge is 0.302 e. The van der Waals surface area contributed by atoms with E-state index in [4.69, 9.17) is 4.74 Å². The van der Waals surface area contributed by atoms with Gasteiger partial charge in [-0.05, 0) is 12.1 Å². The van der Waals surface area contributed by atoms with Gasteiger partial charge < -0.3 is 4.74 Å². The Morgan fingerprint density at radius 1 is 1.42 bits per heavy atom. The Hall–Kier alpha value is -1.84. The minimum Gasteiger partial charge on any atom is -0.433 e. The van der Waals surface area contributed by atoms with Gasteiger partial charge in [-0.1, -0.05) is 12.1 Å². The van der Waals surface area contributed by atoms with Crippen molar-refractivity contribution in [2.45, 2.75) is 0 Å². The third kappa shape index (κ3) is 1.03. The van der Waals surface area contributed by atoms with Crippen molar-refractivity contribution in [3.63, 3.8) is 0 Å². The topological polar surface area (TPSA) is 50.7 Å². The Labute approximate surface area is 68.8 Å². The van der Waals surface area contributed by atoms with Crippen molar-refractivity contribution in [3.8, 4) is 5.75 Å². The molecule has 0 atom stereocenters. The summed E-state index contributed by atoms with van der Waals surface area (Å²) in [5.74, 6) is 0.187. The largest absolute Gasteiger partial charge is 0.433 e. The average molecular weight is 161 g/mol. The summed E-state index contributed by atoms with van der Waals surface area (Å²) in [4.78, 5) is 11.2. The monoisotopic (exact) mass is 161 g/mol. The predicted octanol–water partition coefficient (Wildman–Crippen LogP) is 0.629. The van der Waals surface area contributed by atoms with E-state index < -0.39 is 0 Å². The summed E-state index contributed by atoms with van der Waals surface area (Å²) in [6, 6.07) is 6.88. The van der Waals surface area contributed by atoms with Gasteiger partial charge in [0.1, 0.15) is 5.75 Å². The Balaban J connectivity index is 2.52. The molecule has 59 valence electrons. The van der Waals surface area contributed by atoms with E-state index in [0.717, 1.165) is 0 Å². The van der Waals surface area contributed by atoms with Crippen LogP contribution in [0.15, 0.2) is 29.4 Å². The van der Waals surface area contributed by atoms with Crippen LogP contribution in [0.25, 0.3) is 0 Å². The van der Waals surface area contributed by atoms with E-state index in [9.17, 15) is 4.79 Å². The molecule has 1 aliphatic heterocycles. The highest BCUT2D eigenvalue weighted by Crippen LogP contribution is 2.17. The summed E-state index contributed by atoms with van der Waals surface area (Å²) in [5.41, 5.74) is 2.71. The zero-order valence-corrected chi connectivity index (χ0v) is 6.07. The van der Waals surface area contributed by atoms with Gasteiger partial charge in [0.25, 0.3) is 5.91 Å². The number of hydrogen-bond acceptors (Lipinski definition) is 3. The molecule has 12 heavy (non-hydrogen) atoms. The summed E-state index contributed by atoms with van der Waals surface area (Å²) in [6.45, 7) is 0. The van der Waals surface area contributed by atoms with Crippen LogP contribution >= 0.6 is 0 Å². The summed E-state index contributed by atoms with van der Waals surface area (Å²) >= 11 is 0. The molecule has 1 heterocycles. The first-order chi connectivity index (χ1) is 5.88. The van der Waals surface area contributed by atoms with Crippen LogP contribution in [0.4, 0.5) is 0 Å². The van der Waals surface area contributed by atoms with Crippen molar-refractivity contribution in [1.29, 1.82) is 0 Å². The van der Waals surface area contributed by atoms with Crippen molar-refractivity contribution in [2.24, 2.45) is 5.10 Å². The molecule has 4 nitrogen and oxygen atoms in total. The van der Waals surface area contributed by atoms with Gasteiger partial charge in [0.05, 0.1) is 5.56 Å². The molecule has 0 saturated heterocycles. The Morgan fingerprint density at radius 2 is 2.25 bits per heavy atom. The first kappa shape index (κ1) is 6.84. The van der Waals surface area contributed by atoms with Gasteiger partial charge in [0.15, 0.2) is 0 Å². The lowest BCUT2D eigenvalue weighted by Crippen LogP contribution is -2.15. The molecule has 0 spiro atoms. The highest BCUT2D eigenvalue weighted by Gasteiger charge is 2.13. The number of carbonyl (C=O) groups is 1. The normalized spacial score (nSPS) is 14.2. The van der Waals surface area contributed by atoms with Crippen LogP contribution in [-0.2, 0) is 0 Å². The van der Waals surface area contributed by atoms with Crippen LogP contribution in [-0.4, -0.2) is 12.3 Å². The number of hydrogen-bond donors (Lipinski definition) is 1. The van der Waals surface area contributed by atoms with Crippen LogP contribution in [0.5, 0.6) is 5.75 Å². The second kappa shape index (κ2) is 2.65. The Morgan fingerprint density at radius 3 is 3.17 bits per heavy atom. The highest BCUT2D eigenvalue weighted by molar-refractivity contribution is 5.98. The summed E-state index contributed by atoms with van der Waals surface area (Å²) in [7, 11) is 0. The number of amides is 1. The first-order valence-corrected chi connectivity index (χ1v) is 3.39. The molecule has 0 unspecified atom stereocenters. The molecule has 1 aromatic rings. The number of para-hydroxylation sites is 1. The van der Waals surface area contributed by atoms with E-state index >= 15 is 0 Å². The minimum atomic E-state index is -0.282. The molecule has 1 aromatic carbocycles. The number of nitrogens with zero attached hydrogens (tertiary/aromatic N) is 1. The van der Waals surface area contributed by atoms with Crippen LogP contribution in [0.3, 0.4) is 0 Å². The number of rotatable bonds is 0. The Bertz CT molecular complexity index is 347. The maximum absolute atomic E-state index is 11.2. The fraction of sp³-hybridized carbons (Fsp3) is 0. The maximum atomic E-state index is 11.2. The van der Waals surface area contributed by atoms with Crippen molar-refractivity contribution in [1.82, 2.24) is 5.43 Å². The Kier molecular flexibility index (Phi) is 1.51. The molecule has 1 radical (unpaired) electrons. The molecule has 0 aromatic heterocycles. The zero-order valence-electron chi connectivity index (χ0n) is 6.07. The maximum Gasteiger partial charge on any atom is 0.302 e. The van der Waals surface area contributed by atoms with Crippen LogP contribution in [0.2, 0.25) is 0 Å². The summed E-state index contributed by atoms with van der Waals surface area (Å²) in [6.07, 6.45) is 2.23. The van der Waals surface area contributed by atoms with Crippen molar-refractivity contribution < 1.29 is 9.53 Å². The van der Waals surface area contributed by atoms with E-state index in [2.05, 4.69) is 16.9 Å². The summed E-state index contributed by atoms with van der Waals surface area (Å²) < 4.78 is 4.92. The molecule has 0 fully saturated rings. The SMILES string of the molecule is O=C1NN=[C]Oc2ccccc21. The van der Waals surface area contributed by atoms with E-state index in [0.29, 0.717) is 11.3 Å². The van der Waals surface area contributed by atoms with Gasteiger partial charge in [0.2, 0.25) is 0 Å². The molecule has 1 N–H and O–H groups in total. The number of hydrazone groups is 1. The number of fused-ring (bicyclic) bond motifs is 1. The molecule has 1 aliphatic rings. The van der Waals surface area contributed by atoms with Gasteiger partial charge in [-0.25, -0.2) is 5.43 Å². The quantitative estimate of drug-likeness (QED) is 0.606. The lowest BCUT2D eigenvalue weighted by Gasteiger charge is -2.00. The lowest BCUT2D eigenvalue weighted by atomic mass is 10.2. The van der Waals surface area contributed by atoms with Gasteiger partial charge >= 0.3 is 6.40 Å². The molecule has 2 rings (SSSR count). The van der Waals surface area contributed by atoms with Crippen molar-refractivity contribution in [2.75, 3.05) is 0 Å².